The highest BCUT2D eigenvalue weighted by Gasteiger charge is 2.33. The number of carbonyl (C=O) groups excluding carboxylic acids is 2. The van der Waals surface area contributed by atoms with Crippen molar-refractivity contribution in [3.63, 3.8) is 0 Å². The van der Waals surface area contributed by atoms with E-state index in [2.05, 4.69) is 5.32 Å². The summed E-state index contributed by atoms with van der Waals surface area (Å²) >= 11 is 12.2. The predicted octanol–water partition coefficient (Wildman–Crippen LogP) is 5.04. The van der Waals surface area contributed by atoms with Gasteiger partial charge in [-0.2, -0.15) is 0 Å². The van der Waals surface area contributed by atoms with Gasteiger partial charge in [-0.25, -0.2) is 8.42 Å². The minimum atomic E-state index is -4.29. The lowest BCUT2D eigenvalue weighted by molar-refractivity contribution is -0.384. The molecular formula is C27H28Cl2N4O6S. The Morgan fingerprint density at radius 3 is 2.12 bits per heavy atom. The van der Waals surface area contributed by atoms with E-state index in [-0.39, 0.29) is 33.9 Å². The van der Waals surface area contributed by atoms with Gasteiger partial charge in [0.2, 0.25) is 11.8 Å². The maximum absolute atomic E-state index is 13.8. The summed E-state index contributed by atoms with van der Waals surface area (Å²) in [6.45, 7) is 4.34. The molecule has 0 saturated carbocycles. The first-order valence-corrected chi connectivity index (χ1v) is 14.4. The summed E-state index contributed by atoms with van der Waals surface area (Å²) in [7, 11) is -4.29. The number of hydrogen-bond acceptors (Lipinski definition) is 6. The van der Waals surface area contributed by atoms with Crippen molar-refractivity contribution >= 4 is 56.4 Å². The molecule has 0 aliphatic rings. The van der Waals surface area contributed by atoms with E-state index < -0.39 is 39.3 Å². The average Bonchev–Trinajstić information content (AvgIpc) is 2.91. The van der Waals surface area contributed by atoms with Crippen LogP contribution in [0.3, 0.4) is 0 Å². The van der Waals surface area contributed by atoms with Crippen LogP contribution in [-0.2, 0) is 26.2 Å². The fourth-order valence-electron chi connectivity index (χ4n) is 3.81. The molecule has 3 aromatic rings. The second kappa shape index (κ2) is 13.1. The first-order valence-electron chi connectivity index (χ1n) is 12.2. The van der Waals surface area contributed by atoms with E-state index >= 15 is 0 Å². The van der Waals surface area contributed by atoms with Gasteiger partial charge in [-0.05, 0) is 62.7 Å². The lowest BCUT2D eigenvalue weighted by Gasteiger charge is -2.32. The van der Waals surface area contributed by atoms with E-state index in [0.717, 1.165) is 16.4 Å². The lowest BCUT2D eigenvalue weighted by Crippen LogP contribution is -2.52. The molecule has 0 bridgehead atoms. The molecule has 0 unspecified atom stereocenters. The van der Waals surface area contributed by atoms with Crippen molar-refractivity contribution in [2.75, 3.05) is 10.8 Å². The van der Waals surface area contributed by atoms with Crippen molar-refractivity contribution in [3.8, 4) is 0 Å². The first-order chi connectivity index (χ1) is 18.8. The van der Waals surface area contributed by atoms with Crippen LogP contribution in [0, 0.1) is 10.1 Å². The highest BCUT2D eigenvalue weighted by atomic mass is 35.5. The summed E-state index contributed by atoms with van der Waals surface area (Å²) in [4.78, 5) is 38.5. The number of rotatable bonds is 11. The quantitative estimate of drug-likeness (QED) is 0.240. The largest absolute Gasteiger partial charge is 0.352 e. The van der Waals surface area contributed by atoms with Gasteiger partial charge in [0.05, 0.1) is 25.6 Å². The SMILES string of the molecule is CC(C)NC(=O)[C@H](C)N(Cc1ccc(Cl)c(Cl)c1)C(=O)CN(c1ccc([N+](=O)[O-])cc1)S(=O)(=O)c1ccccc1. The van der Waals surface area contributed by atoms with Crippen LogP contribution in [0.4, 0.5) is 11.4 Å². The fourth-order valence-corrected chi connectivity index (χ4v) is 5.57. The molecule has 0 spiro atoms. The molecule has 0 aliphatic carbocycles. The molecule has 1 atom stereocenters. The van der Waals surface area contributed by atoms with Crippen LogP contribution in [0.2, 0.25) is 10.0 Å². The third-order valence-electron chi connectivity index (χ3n) is 5.89. The summed E-state index contributed by atoms with van der Waals surface area (Å²) in [5.74, 6) is -1.12. The third kappa shape index (κ3) is 7.50. The lowest BCUT2D eigenvalue weighted by atomic mass is 10.1. The second-order valence-corrected chi connectivity index (χ2v) is 11.9. The summed E-state index contributed by atoms with van der Waals surface area (Å²) in [6.07, 6.45) is 0. The van der Waals surface area contributed by atoms with Crippen LogP contribution in [0.25, 0.3) is 0 Å². The van der Waals surface area contributed by atoms with E-state index in [9.17, 15) is 28.1 Å². The number of anilines is 1. The molecule has 10 nitrogen and oxygen atoms in total. The molecule has 0 heterocycles. The maximum atomic E-state index is 13.8. The third-order valence-corrected chi connectivity index (χ3v) is 8.42. The highest BCUT2D eigenvalue weighted by molar-refractivity contribution is 7.92. The number of benzene rings is 3. The van der Waals surface area contributed by atoms with Gasteiger partial charge in [0.25, 0.3) is 15.7 Å². The van der Waals surface area contributed by atoms with Crippen LogP contribution in [-0.4, -0.2) is 48.7 Å². The fraction of sp³-hybridized carbons (Fsp3) is 0.259. The number of nitrogens with one attached hydrogen (secondary N) is 1. The normalized spacial score (nSPS) is 12.1. The molecule has 3 rings (SSSR count). The van der Waals surface area contributed by atoms with E-state index in [1.807, 2.05) is 0 Å². The molecule has 212 valence electrons. The standard InChI is InChI=1S/C27H28Cl2N4O6S/c1-18(2)30-27(35)19(3)31(16-20-9-14-24(28)25(29)15-20)26(34)17-32(21-10-12-22(13-11-21)33(36)37)40(38,39)23-7-5-4-6-8-23/h4-15,18-19H,16-17H2,1-3H3,(H,30,35)/t19-/m0/s1. The van der Waals surface area contributed by atoms with E-state index in [4.69, 9.17) is 23.2 Å². The van der Waals surface area contributed by atoms with E-state index in [1.54, 1.807) is 38.1 Å². The first kappa shape index (κ1) is 30.9. The molecule has 2 amide bonds. The van der Waals surface area contributed by atoms with Crippen molar-refractivity contribution in [1.29, 1.82) is 0 Å². The number of halogens is 2. The number of sulfonamides is 1. The number of nitrogens with zero attached hydrogens (tertiary/aromatic N) is 3. The molecule has 40 heavy (non-hydrogen) atoms. The molecule has 13 heteroatoms. The summed E-state index contributed by atoms with van der Waals surface area (Å²) in [6, 6.07) is 15.9. The van der Waals surface area contributed by atoms with Gasteiger partial charge in [-0.15, -0.1) is 0 Å². The zero-order valence-corrected chi connectivity index (χ0v) is 24.3. The van der Waals surface area contributed by atoms with Crippen molar-refractivity contribution in [2.45, 2.75) is 44.3 Å². The van der Waals surface area contributed by atoms with Crippen molar-refractivity contribution in [2.24, 2.45) is 0 Å². The summed E-state index contributed by atoms with van der Waals surface area (Å²) in [5, 5.41) is 14.5. The highest BCUT2D eigenvalue weighted by Crippen LogP contribution is 2.27. The summed E-state index contributed by atoms with van der Waals surface area (Å²) < 4.78 is 28.3. The Morgan fingerprint density at radius 2 is 1.57 bits per heavy atom. The number of nitro benzene ring substituents is 1. The molecule has 0 fully saturated rings. The number of nitro groups is 1. The van der Waals surface area contributed by atoms with Gasteiger partial charge in [-0.3, -0.25) is 24.0 Å². The van der Waals surface area contributed by atoms with Gasteiger partial charge < -0.3 is 10.2 Å². The Balaban J connectivity index is 2.05. The molecule has 0 aliphatic heterocycles. The Labute approximate surface area is 242 Å². The molecule has 0 radical (unpaired) electrons. The Bertz CT molecular complexity index is 1480. The Morgan fingerprint density at radius 1 is 0.950 bits per heavy atom. The average molecular weight is 608 g/mol. The van der Waals surface area contributed by atoms with Gasteiger partial charge in [-0.1, -0.05) is 47.5 Å². The number of hydrogen-bond donors (Lipinski definition) is 1. The van der Waals surface area contributed by atoms with Crippen molar-refractivity contribution in [3.05, 3.63) is 98.5 Å². The summed E-state index contributed by atoms with van der Waals surface area (Å²) in [5.41, 5.74) is 0.365. The molecule has 0 aromatic heterocycles. The smallest absolute Gasteiger partial charge is 0.269 e. The molecule has 3 aromatic carbocycles. The zero-order valence-electron chi connectivity index (χ0n) is 22.0. The topological polar surface area (TPSA) is 130 Å². The van der Waals surface area contributed by atoms with Gasteiger partial charge in [0.1, 0.15) is 12.6 Å². The van der Waals surface area contributed by atoms with Crippen LogP contribution >= 0.6 is 23.2 Å². The number of non-ortho nitro benzene ring substituents is 1. The van der Waals surface area contributed by atoms with Crippen LogP contribution in [0.15, 0.2) is 77.7 Å². The zero-order chi connectivity index (χ0) is 29.6. The monoisotopic (exact) mass is 606 g/mol. The van der Waals surface area contributed by atoms with Gasteiger partial charge >= 0.3 is 0 Å². The van der Waals surface area contributed by atoms with Gasteiger partial charge in [0.15, 0.2) is 0 Å². The van der Waals surface area contributed by atoms with Crippen molar-refractivity contribution < 1.29 is 22.9 Å². The Hall–Kier alpha value is -3.67. The molecule has 1 N–H and O–H groups in total. The predicted molar refractivity (Wildman–Crippen MR) is 154 cm³/mol. The van der Waals surface area contributed by atoms with Crippen LogP contribution in [0.5, 0.6) is 0 Å². The Kier molecular flexibility index (Phi) is 10.1. The van der Waals surface area contributed by atoms with E-state index in [1.165, 1.54) is 48.2 Å². The number of amides is 2. The van der Waals surface area contributed by atoms with Crippen LogP contribution < -0.4 is 9.62 Å². The molecule has 0 saturated heterocycles. The maximum Gasteiger partial charge on any atom is 0.269 e. The van der Waals surface area contributed by atoms with Crippen LogP contribution in [0.1, 0.15) is 26.3 Å². The van der Waals surface area contributed by atoms with Crippen molar-refractivity contribution in [1.82, 2.24) is 10.2 Å². The number of carbonyl (C=O) groups is 2. The minimum Gasteiger partial charge on any atom is -0.352 e. The molecular weight excluding hydrogens is 579 g/mol. The van der Waals surface area contributed by atoms with Gasteiger partial charge in [0, 0.05) is 24.7 Å². The minimum absolute atomic E-state index is 0.0385. The van der Waals surface area contributed by atoms with E-state index in [0.29, 0.717) is 10.6 Å². The second-order valence-electron chi connectivity index (χ2n) is 9.21.